The van der Waals surface area contributed by atoms with E-state index in [0.717, 1.165) is 24.1 Å². The topological polar surface area (TPSA) is 66.7 Å². The Bertz CT molecular complexity index is 1020. The molecule has 0 aliphatic rings. The molecule has 0 saturated heterocycles. The van der Waals surface area contributed by atoms with Gasteiger partial charge in [-0.25, -0.2) is 4.98 Å². The van der Waals surface area contributed by atoms with Crippen molar-refractivity contribution < 1.29 is 9.59 Å². The fourth-order valence-corrected chi connectivity index (χ4v) is 3.33. The molecule has 2 heterocycles. The van der Waals surface area contributed by atoms with E-state index >= 15 is 0 Å². The molecule has 0 unspecified atom stereocenters. The van der Waals surface area contributed by atoms with Crippen LogP contribution in [0.1, 0.15) is 66.2 Å². The predicted octanol–water partition coefficient (Wildman–Crippen LogP) is 4.58. The van der Waals surface area contributed by atoms with E-state index in [-0.39, 0.29) is 23.6 Å². The van der Waals surface area contributed by atoms with Crippen LogP contribution in [0.4, 0.5) is 5.69 Å². The number of imidazole rings is 1. The number of nitrogens with zero attached hydrogens (tertiary/aromatic N) is 3. The van der Waals surface area contributed by atoms with Crippen LogP contribution in [0, 0.1) is 0 Å². The summed E-state index contributed by atoms with van der Waals surface area (Å²) in [5, 5.41) is 2.97. The van der Waals surface area contributed by atoms with E-state index < -0.39 is 0 Å². The first kappa shape index (κ1) is 20.6. The van der Waals surface area contributed by atoms with Crippen LogP contribution in [0.3, 0.4) is 0 Å². The van der Waals surface area contributed by atoms with E-state index in [9.17, 15) is 9.59 Å². The largest absolute Gasteiger partial charge is 0.340 e. The van der Waals surface area contributed by atoms with Crippen molar-refractivity contribution in [1.29, 1.82) is 0 Å². The van der Waals surface area contributed by atoms with E-state index in [4.69, 9.17) is 0 Å². The molecule has 2 aromatic heterocycles. The molecule has 1 aromatic carbocycles. The van der Waals surface area contributed by atoms with Crippen molar-refractivity contribution in [3.8, 4) is 0 Å². The molecule has 0 spiro atoms. The molecule has 29 heavy (non-hydrogen) atoms. The number of benzene rings is 1. The van der Waals surface area contributed by atoms with Gasteiger partial charge in [0.15, 0.2) is 5.69 Å². The summed E-state index contributed by atoms with van der Waals surface area (Å²) in [6.45, 7) is 6.91. The van der Waals surface area contributed by atoms with Gasteiger partial charge in [-0.1, -0.05) is 51.5 Å². The van der Waals surface area contributed by atoms with Gasteiger partial charge in [-0.3, -0.25) is 14.0 Å². The summed E-state index contributed by atoms with van der Waals surface area (Å²) in [7, 11) is 1.77. The highest BCUT2D eigenvalue weighted by Gasteiger charge is 2.24. The minimum Gasteiger partial charge on any atom is -0.340 e. The second kappa shape index (κ2) is 8.90. The summed E-state index contributed by atoms with van der Waals surface area (Å²) in [6.07, 6.45) is 3.69. The Balaban J connectivity index is 1.96. The number of hydrogen-bond donors (Lipinski definition) is 1. The zero-order chi connectivity index (χ0) is 21.0. The summed E-state index contributed by atoms with van der Waals surface area (Å²) in [4.78, 5) is 32.1. The summed E-state index contributed by atoms with van der Waals surface area (Å²) < 4.78 is 1.67. The lowest BCUT2D eigenvalue weighted by Gasteiger charge is -2.15. The maximum atomic E-state index is 13.1. The highest BCUT2D eigenvalue weighted by Crippen LogP contribution is 2.24. The van der Waals surface area contributed by atoms with Gasteiger partial charge in [0.1, 0.15) is 0 Å². The fourth-order valence-electron chi connectivity index (χ4n) is 3.33. The maximum Gasteiger partial charge on any atom is 0.292 e. The number of rotatable bonds is 7. The number of unbranched alkanes of at least 4 members (excludes halogenated alkanes) is 1. The van der Waals surface area contributed by atoms with Crippen LogP contribution in [-0.4, -0.2) is 39.7 Å². The highest BCUT2D eigenvalue weighted by molar-refractivity contribution is 6.06. The second-order valence-corrected chi connectivity index (χ2v) is 7.52. The Morgan fingerprint density at radius 3 is 2.59 bits per heavy atom. The van der Waals surface area contributed by atoms with Crippen LogP contribution >= 0.6 is 0 Å². The van der Waals surface area contributed by atoms with Gasteiger partial charge < -0.3 is 10.2 Å². The average molecular weight is 393 g/mol. The number of amides is 2. The Kier molecular flexibility index (Phi) is 6.32. The molecule has 0 saturated carbocycles. The minimum atomic E-state index is -0.338. The SMILES string of the molecule is CCCCN(C)C(=O)c1nc(C(=O)Nc2ccccc2C(C)C)n2ccccc12. The Hall–Kier alpha value is -3.15. The number of aromatic nitrogens is 2. The van der Waals surface area contributed by atoms with E-state index in [1.54, 1.807) is 22.5 Å². The zero-order valence-corrected chi connectivity index (χ0v) is 17.5. The first-order valence-corrected chi connectivity index (χ1v) is 10.1. The Labute approximate surface area is 171 Å². The number of carbonyl (C=O) groups excluding carboxylic acids is 2. The molecular weight excluding hydrogens is 364 g/mol. The van der Waals surface area contributed by atoms with Crippen LogP contribution in [-0.2, 0) is 0 Å². The number of hydrogen-bond acceptors (Lipinski definition) is 3. The first-order valence-electron chi connectivity index (χ1n) is 10.1. The van der Waals surface area contributed by atoms with E-state index in [2.05, 4.69) is 31.1 Å². The lowest BCUT2D eigenvalue weighted by molar-refractivity contribution is 0.0790. The number of pyridine rings is 1. The maximum absolute atomic E-state index is 13.1. The number of carbonyl (C=O) groups is 2. The normalized spacial score (nSPS) is 11.1. The summed E-state index contributed by atoms with van der Waals surface area (Å²) >= 11 is 0. The van der Waals surface area contributed by atoms with Crippen LogP contribution < -0.4 is 5.32 Å². The average Bonchev–Trinajstić information content (AvgIpc) is 3.11. The minimum absolute atomic E-state index is 0.177. The standard InChI is InChI=1S/C23H28N4O2/c1-5-6-14-26(4)23(29)20-19-13-9-10-15-27(19)21(25-20)22(28)24-18-12-8-7-11-17(18)16(2)3/h7-13,15-16H,5-6,14H2,1-4H3,(H,24,28). The quantitative estimate of drug-likeness (QED) is 0.640. The van der Waals surface area contributed by atoms with Crippen LogP contribution in [0.25, 0.3) is 5.52 Å². The van der Waals surface area contributed by atoms with Gasteiger partial charge >= 0.3 is 0 Å². The van der Waals surface area contributed by atoms with E-state index in [1.165, 1.54) is 0 Å². The lowest BCUT2D eigenvalue weighted by Crippen LogP contribution is -2.28. The Morgan fingerprint density at radius 2 is 1.86 bits per heavy atom. The van der Waals surface area contributed by atoms with Gasteiger partial charge in [0, 0.05) is 25.5 Å². The van der Waals surface area contributed by atoms with Crippen LogP contribution in [0.2, 0.25) is 0 Å². The third-order valence-corrected chi connectivity index (χ3v) is 4.98. The van der Waals surface area contributed by atoms with Crippen molar-refractivity contribution in [3.63, 3.8) is 0 Å². The molecular formula is C23H28N4O2. The van der Waals surface area contributed by atoms with Gasteiger partial charge in [-0.15, -0.1) is 0 Å². The number of fused-ring (bicyclic) bond motifs is 1. The number of anilines is 1. The molecule has 0 atom stereocenters. The third-order valence-electron chi connectivity index (χ3n) is 4.98. The van der Waals surface area contributed by atoms with E-state index in [1.807, 2.05) is 42.5 Å². The number of para-hydroxylation sites is 1. The molecule has 0 radical (unpaired) electrons. The van der Waals surface area contributed by atoms with Crippen molar-refractivity contribution in [2.45, 2.75) is 39.5 Å². The summed E-state index contributed by atoms with van der Waals surface area (Å²) in [6, 6.07) is 13.2. The molecule has 3 aromatic rings. The van der Waals surface area contributed by atoms with Gasteiger partial charge in [-0.05, 0) is 36.1 Å². The molecule has 0 aliphatic heterocycles. The smallest absolute Gasteiger partial charge is 0.292 e. The fraction of sp³-hybridized carbons (Fsp3) is 0.348. The monoisotopic (exact) mass is 392 g/mol. The van der Waals surface area contributed by atoms with Crippen LogP contribution in [0.5, 0.6) is 0 Å². The molecule has 6 nitrogen and oxygen atoms in total. The predicted molar refractivity (Wildman–Crippen MR) is 116 cm³/mol. The highest BCUT2D eigenvalue weighted by atomic mass is 16.2. The lowest BCUT2D eigenvalue weighted by atomic mass is 10.0. The van der Waals surface area contributed by atoms with Gasteiger partial charge in [-0.2, -0.15) is 0 Å². The van der Waals surface area contributed by atoms with Gasteiger partial charge in [0.25, 0.3) is 11.8 Å². The molecule has 3 rings (SSSR count). The molecule has 0 aliphatic carbocycles. The van der Waals surface area contributed by atoms with Gasteiger partial charge in [0.05, 0.1) is 5.52 Å². The van der Waals surface area contributed by atoms with Crippen molar-refractivity contribution >= 4 is 23.0 Å². The molecule has 6 heteroatoms. The third kappa shape index (κ3) is 4.31. The van der Waals surface area contributed by atoms with Crippen LogP contribution in [0.15, 0.2) is 48.7 Å². The molecule has 152 valence electrons. The first-order chi connectivity index (χ1) is 13.9. The summed E-state index contributed by atoms with van der Waals surface area (Å²) in [5.41, 5.74) is 2.74. The summed E-state index contributed by atoms with van der Waals surface area (Å²) in [5.74, 6) is -0.0439. The molecule has 0 fully saturated rings. The molecule has 1 N–H and O–H groups in total. The van der Waals surface area contributed by atoms with Crippen molar-refractivity contribution in [1.82, 2.24) is 14.3 Å². The Morgan fingerprint density at radius 1 is 1.14 bits per heavy atom. The number of nitrogens with one attached hydrogen (secondary N) is 1. The van der Waals surface area contributed by atoms with E-state index in [0.29, 0.717) is 17.8 Å². The van der Waals surface area contributed by atoms with Gasteiger partial charge in [0.2, 0.25) is 5.82 Å². The second-order valence-electron chi connectivity index (χ2n) is 7.52. The van der Waals surface area contributed by atoms with Crippen molar-refractivity contribution in [2.24, 2.45) is 0 Å². The zero-order valence-electron chi connectivity index (χ0n) is 17.5. The molecule has 0 bridgehead atoms. The molecule has 2 amide bonds. The van der Waals surface area contributed by atoms with Crippen molar-refractivity contribution in [3.05, 3.63) is 65.7 Å². The van der Waals surface area contributed by atoms with Crippen molar-refractivity contribution in [2.75, 3.05) is 18.9 Å².